The largest absolute Gasteiger partial charge is 0.478 e. The molecular formula is C36H37ClN2O9. The fourth-order valence-electron chi connectivity index (χ4n) is 7.09. The number of allylic oxidation sites excluding steroid dienone is 1. The van der Waals surface area contributed by atoms with Gasteiger partial charge in [0.25, 0.3) is 0 Å². The Labute approximate surface area is 280 Å². The van der Waals surface area contributed by atoms with Crippen LogP contribution in [0, 0.1) is 10.2 Å². The Morgan fingerprint density at radius 1 is 0.896 bits per heavy atom. The summed E-state index contributed by atoms with van der Waals surface area (Å²) in [6, 6.07) is 12.4. The van der Waals surface area contributed by atoms with Gasteiger partial charge in [0, 0.05) is 59.6 Å². The average Bonchev–Trinajstić information content (AvgIpc) is 2.96. The van der Waals surface area contributed by atoms with E-state index in [1.54, 1.807) is 0 Å². The van der Waals surface area contributed by atoms with Gasteiger partial charge in [-0.25, -0.2) is 32.8 Å². The Balaban J connectivity index is 0.000000840. The molecule has 3 aromatic rings. The van der Waals surface area contributed by atoms with Gasteiger partial charge in [0.1, 0.15) is 18.0 Å². The molecule has 0 spiro atoms. The maximum absolute atomic E-state index is 12.6. The number of carbonyl (C=O) groups is 2. The van der Waals surface area contributed by atoms with Gasteiger partial charge >= 0.3 is 11.9 Å². The van der Waals surface area contributed by atoms with Crippen molar-refractivity contribution in [2.45, 2.75) is 59.5 Å². The Bertz CT molecular complexity index is 2050. The number of carboxylic acids is 2. The average molecular weight is 677 g/mol. The summed E-state index contributed by atoms with van der Waals surface area (Å²) >= 11 is 0. The highest BCUT2D eigenvalue weighted by atomic mass is 35.7. The molecule has 3 heterocycles. The van der Waals surface area contributed by atoms with Gasteiger partial charge in [-0.1, -0.05) is 6.08 Å². The molecule has 0 bridgehead atoms. The fraction of sp³-hybridized carbons (Fsp3) is 0.306. The summed E-state index contributed by atoms with van der Waals surface area (Å²) in [6.45, 7) is 16.6. The number of aromatic carboxylic acids is 2. The van der Waals surface area contributed by atoms with Gasteiger partial charge in [-0.2, -0.15) is 0 Å². The Kier molecular flexibility index (Phi) is 8.83. The molecule has 12 heteroatoms. The van der Waals surface area contributed by atoms with Gasteiger partial charge in [0.05, 0.1) is 22.7 Å². The molecule has 48 heavy (non-hydrogen) atoms. The molecule has 0 atom stereocenters. The molecule has 0 unspecified atom stereocenters. The Morgan fingerprint density at radius 2 is 1.56 bits per heavy atom. The SMILES string of the molecule is CCN1c2cc3c(cc2C(C)=CC1(C)C)C(c1cc(C(=O)O)ccc1C(=O)O)=c1cc2c(cc1O3)=[N+](CC)C(C)(C)C=C2.[O-][Cl+3]([O-])([O-])[O-]. The minimum absolute atomic E-state index is 0.0202. The van der Waals surface area contributed by atoms with E-state index in [1.807, 2.05) is 12.1 Å². The zero-order valence-electron chi connectivity index (χ0n) is 27.7. The van der Waals surface area contributed by atoms with Gasteiger partial charge in [-0.05, 0) is 88.2 Å². The van der Waals surface area contributed by atoms with Crippen molar-refractivity contribution in [3.05, 3.63) is 98.6 Å². The van der Waals surface area contributed by atoms with E-state index in [2.05, 4.69) is 88.3 Å². The van der Waals surface area contributed by atoms with E-state index in [-0.39, 0.29) is 22.2 Å². The molecule has 0 amide bonds. The third-order valence-electron chi connectivity index (χ3n) is 9.02. The second-order valence-corrected chi connectivity index (χ2v) is 13.7. The molecule has 0 radical (unpaired) electrons. The smallest absolute Gasteiger partial charge is 0.336 e. The lowest BCUT2D eigenvalue weighted by Crippen LogP contribution is -2.68. The second kappa shape index (κ2) is 12.2. The lowest BCUT2D eigenvalue weighted by atomic mass is 9.83. The van der Waals surface area contributed by atoms with E-state index in [4.69, 9.17) is 23.4 Å². The standard InChI is InChI=1S/C36H36N2O5.ClHO4/c1-8-37-28-17-30-26(14-21(28)12-13-35(37,4)5)32(25-15-22(33(39)40)10-11-23(25)34(41)42)27-16-24-20(3)19-36(6,7)38(9-2)29(24)18-31(27)43-30;2-1(3,4)5/h10-19H,8-9H2,1-7H3,(H-,39,40,41,42);(H,2,3,4,5). The van der Waals surface area contributed by atoms with E-state index in [1.165, 1.54) is 18.2 Å². The maximum atomic E-state index is 12.6. The number of likely N-dealkylation sites (N-methyl/N-ethyl adjacent to an activating group) is 2. The number of rotatable bonds is 5. The van der Waals surface area contributed by atoms with E-state index in [9.17, 15) is 19.8 Å². The molecule has 0 saturated carbocycles. The molecule has 2 N–H and O–H groups in total. The van der Waals surface area contributed by atoms with Gasteiger partial charge in [0.2, 0.25) is 5.36 Å². The summed E-state index contributed by atoms with van der Waals surface area (Å²) in [6.07, 6.45) is 6.52. The van der Waals surface area contributed by atoms with E-state index in [0.717, 1.165) is 51.6 Å². The monoisotopic (exact) mass is 676 g/mol. The van der Waals surface area contributed by atoms with Gasteiger partial charge in [-0.15, -0.1) is 10.2 Å². The normalized spacial score (nSPS) is 16.7. The van der Waals surface area contributed by atoms with Crippen LogP contribution >= 0.6 is 0 Å². The van der Waals surface area contributed by atoms with Crippen molar-refractivity contribution in [2.75, 3.05) is 18.0 Å². The molecular weight excluding hydrogens is 640 g/mol. The summed E-state index contributed by atoms with van der Waals surface area (Å²) < 4.78 is 43.0. The van der Waals surface area contributed by atoms with E-state index >= 15 is 0 Å². The summed E-state index contributed by atoms with van der Waals surface area (Å²) in [5, 5.41) is 21.9. The van der Waals surface area contributed by atoms with Gasteiger partial charge in [0.15, 0.2) is 5.54 Å². The lowest BCUT2D eigenvalue weighted by molar-refractivity contribution is -2.00. The van der Waals surface area contributed by atoms with Crippen LogP contribution in [0.25, 0.3) is 17.2 Å². The first kappa shape index (κ1) is 34.8. The van der Waals surface area contributed by atoms with Crippen molar-refractivity contribution in [3.8, 4) is 11.5 Å². The number of anilines is 1. The summed E-state index contributed by atoms with van der Waals surface area (Å²) in [5.74, 6) is -1.03. The molecule has 3 aliphatic rings. The highest BCUT2D eigenvalue weighted by Gasteiger charge is 2.35. The van der Waals surface area contributed by atoms with Crippen LogP contribution in [0.15, 0.2) is 54.6 Å². The third-order valence-corrected chi connectivity index (χ3v) is 9.02. The molecule has 11 nitrogen and oxygen atoms in total. The number of nitrogens with zero attached hydrogens (tertiary/aromatic N) is 2. The Morgan fingerprint density at radius 3 is 2.15 bits per heavy atom. The molecule has 0 aromatic heterocycles. The zero-order valence-corrected chi connectivity index (χ0v) is 28.5. The van der Waals surface area contributed by atoms with Crippen LogP contribution in [-0.4, -0.2) is 46.3 Å². The highest BCUT2D eigenvalue weighted by Crippen LogP contribution is 2.46. The van der Waals surface area contributed by atoms with Crippen molar-refractivity contribution < 1.29 is 53.4 Å². The minimum Gasteiger partial charge on any atom is -0.478 e. The van der Waals surface area contributed by atoms with Crippen molar-refractivity contribution in [1.29, 1.82) is 0 Å². The Hall–Kier alpha value is -4.52. The molecule has 6 rings (SSSR count). The number of hydrogen-bond donors (Lipinski definition) is 2. The molecule has 252 valence electrons. The van der Waals surface area contributed by atoms with Crippen LogP contribution in [0.4, 0.5) is 5.69 Å². The molecule has 3 aliphatic heterocycles. The summed E-state index contributed by atoms with van der Waals surface area (Å²) in [5.41, 5.74) is 5.55. The van der Waals surface area contributed by atoms with Crippen molar-refractivity contribution in [1.82, 2.24) is 4.58 Å². The number of fused-ring (bicyclic) bond motifs is 4. The van der Waals surface area contributed by atoms with Crippen LogP contribution in [0.3, 0.4) is 0 Å². The lowest BCUT2D eigenvalue weighted by Gasteiger charge is -2.43. The number of hydrogen-bond acceptors (Lipinski definition) is 8. The molecule has 3 aromatic carbocycles. The number of halogens is 1. The minimum atomic E-state index is -4.94. The topological polar surface area (TPSA) is 182 Å². The molecule has 0 saturated heterocycles. The highest BCUT2D eigenvalue weighted by molar-refractivity contribution is 6.01. The van der Waals surface area contributed by atoms with Gasteiger partial charge < -0.3 is 19.8 Å². The van der Waals surface area contributed by atoms with Crippen LogP contribution in [0.1, 0.15) is 91.4 Å². The fourth-order valence-corrected chi connectivity index (χ4v) is 7.09. The molecule has 0 aliphatic carbocycles. The predicted molar refractivity (Wildman–Crippen MR) is 170 cm³/mol. The second-order valence-electron chi connectivity index (χ2n) is 13.0. The van der Waals surface area contributed by atoms with Crippen molar-refractivity contribution >= 4 is 34.8 Å². The van der Waals surface area contributed by atoms with Crippen LogP contribution in [-0.2, 0) is 0 Å². The van der Waals surface area contributed by atoms with Crippen LogP contribution in [0.2, 0.25) is 0 Å². The summed E-state index contributed by atoms with van der Waals surface area (Å²) in [4.78, 5) is 27.0. The van der Waals surface area contributed by atoms with Crippen LogP contribution < -0.4 is 43.4 Å². The zero-order chi connectivity index (χ0) is 35.5. The number of carboxylic acid groups (broad SMARTS) is 2. The van der Waals surface area contributed by atoms with Crippen molar-refractivity contribution in [2.24, 2.45) is 0 Å². The van der Waals surface area contributed by atoms with Gasteiger partial charge in [-0.3, -0.25) is 0 Å². The first-order valence-corrected chi connectivity index (χ1v) is 16.6. The first-order chi connectivity index (χ1) is 22.3. The van der Waals surface area contributed by atoms with Crippen LogP contribution in [0.5, 0.6) is 11.5 Å². The third kappa shape index (κ3) is 6.35. The van der Waals surface area contributed by atoms with Crippen molar-refractivity contribution in [3.63, 3.8) is 0 Å². The number of ether oxygens (including phenoxy) is 1. The quantitative estimate of drug-likeness (QED) is 0.290. The first-order valence-electron chi connectivity index (χ1n) is 15.4. The maximum Gasteiger partial charge on any atom is 0.336 e. The van der Waals surface area contributed by atoms with E-state index < -0.39 is 22.2 Å². The number of benzene rings is 3. The summed E-state index contributed by atoms with van der Waals surface area (Å²) in [7, 11) is -4.94. The van der Waals surface area contributed by atoms with E-state index in [0.29, 0.717) is 22.6 Å². The predicted octanol–water partition coefficient (Wildman–Crippen LogP) is 1.02. The molecule has 0 fully saturated rings.